The molecule has 0 radical (unpaired) electrons. The summed E-state index contributed by atoms with van der Waals surface area (Å²) in [5.74, 6) is -0.174. The zero-order chi connectivity index (χ0) is 21.5. The highest BCUT2D eigenvalue weighted by Crippen LogP contribution is 2.33. The first-order valence-corrected chi connectivity index (χ1v) is 10.2. The van der Waals surface area contributed by atoms with Gasteiger partial charge in [0.2, 0.25) is 0 Å². The highest BCUT2D eigenvalue weighted by Gasteiger charge is 2.49. The lowest BCUT2D eigenvalue weighted by Crippen LogP contribution is -2.39. The molecule has 8 heteroatoms. The molecule has 1 aromatic carbocycles. The van der Waals surface area contributed by atoms with E-state index in [1.54, 1.807) is 31.1 Å². The van der Waals surface area contributed by atoms with E-state index < -0.39 is 11.4 Å². The molecular weight excluding hydrogens is 387 g/mol. The third-order valence-corrected chi connectivity index (χ3v) is 5.67. The average Bonchev–Trinajstić information content (AvgIpc) is 3.24. The van der Waals surface area contributed by atoms with Crippen molar-refractivity contribution in [3.8, 4) is 11.3 Å². The van der Waals surface area contributed by atoms with Crippen molar-refractivity contribution >= 4 is 12.0 Å². The Labute approximate surface area is 174 Å². The van der Waals surface area contributed by atoms with Crippen molar-refractivity contribution in [2.24, 2.45) is 0 Å². The minimum atomic E-state index is -0.671. The van der Waals surface area contributed by atoms with Crippen LogP contribution in [-0.2, 0) is 11.2 Å². The van der Waals surface area contributed by atoms with Crippen molar-refractivity contribution in [1.82, 2.24) is 19.8 Å². The van der Waals surface area contributed by atoms with E-state index in [9.17, 15) is 14.0 Å². The summed E-state index contributed by atoms with van der Waals surface area (Å²) >= 11 is 0. The number of carbonyl (C=O) groups excluding carboxylic acids is 2. The van der Waals surface area contributed by atoms with Crippen molar-refractivity contribution in [3.05, 3.63) is 47.2 Å². The highest BCUT2D eigenvalue weighted by molar-refractivity contribution is 5.96. The molecule has 0 bridgehead atoms. The van der Waals surface area contributed by atoms with Gasteiger partial charge in [0.25, 0.3) is 5.91 Å². The molecule has 1 aromatic heterocycles. The average molecular weight is 412 g/mol. The first kappa shape index (κ1) is 20.3. The Morgan fingerprint density at radius 2 is 2.10 bits per heavy atom. The number of likely N-dealkylation sites (N-methyl/N-ethyl adjacent to an activating group) is 1. The monoisotopic (exact) mass is 412 g/mol. The second-order valence-electron chi connectivity index (χ2n) is 8.15. The Morgan fingerprint density at radius 1 is 1.30 bits per heavy atom. The number of aryl methyl sites for hydroxylation is 2. The summed E-state index contributed by atoms with van der Waals surface area (Å²) in [6.07, 6.45) is 3.64. The number of halogens is 1. The minimum Gasteiger partial charge on any atom is -0.439 e. The van der Waals surface area contributed by atoms with Crippen molar-refractivity contribution in [2.75, 3.05) is 26.7 Å². The Kier molecular flexibility index (Phi) is 5.17. The van der Waals surface area contributed by atoms with Crippen molar-refractivity contribution in [2.45, 2.75) is 38.7 Å². The fourth-order valence-electron chi connectivity index (χ4n) is 4.25. The molecule has 2 saturated heterocycles. The van der Waals surface area contributed by atoms with Crippen LogP contribution in [0.5, 0.6) is 0 Å². The summed E-state index contributed by atoms with van der Waals surface area (Å²) in [5.41, 5.74) is 1.73. The third kappa shape index (κ3) is 3.74. The largest absolute Gasteiger partial charge is 0.439 e. The standard InChI is InChI=1S/C22H25FN4O3/c1-4-5-15-11-24-14(2)25-19(15)16-8-17(10-18(23)9-16)20(28)27-7-6-22(13-27)12-26(3)21(29)30-22/h8-11H,4-7,12-13H2,1-3H3. The summed E-state index contributed by atoms with van der Waals surface area (Å²) in [6.45, 7) is 5.06. The predicted octanol–water partition coefficient (Wildman–Crippen LogP) is 3.21. The lowest BCUT2D eigenvalue weighted by molar-refractivity contribution is 0.0553. The van der Waals surface area contributed by atoms with E-state index in [-0.39, 0.29) is 17.6 Å². The van der Waals surface area contributed by atoms with Crippen LogP contribution in [0.25, 0.3) is 11.3 Å². The number of rotatable bonds is 4. The molecular formula is C22H25FN4O3. The predicted molar refractivity (Wildman–Crippen MR) is 109 cm³/mol. The van der Waals surface area contributed by atoms with Gasteiger partial charge >= 0.3 is 6.09 Å². The maximum absolute atomic E-state index is 14.5. The lowest BCUT2D eigenvalue weighted by atomic mass is 10.0. The molecule has 2 fully saturated rings. The highest BCUT2D eigenvalue weighted by atomic mass is 19.1. The SMILES string of the molecule is CCCc1cnc(C)nc1-c1cc(F)cc(C(=O)N2CCC3(CN(C)C(=O)O3)C2)c1. The molecule has 1 unspecified atom stereocenters. The van der Waals surface area contributed by atoms with Crippen LogP contribution in [0.2, 0.25) is 0 Å². The van der Waals surface area contributed by atoms with Crippen LogP contribution in [-0.4, -0.2) is 64.1 Å². The Bertz CT molecular complexity index is 1010. The van der Waals surface area contributed by atoms with E-state index in [4.69, 9.17) is 4.74 Å². The second kappa shape index (κ2) is 7.66. The summed E-state index contributed by atoms with van der Waals surface area (Å²) in [4.78, 5) is 36.8. The number of amides is 2. The van der Waals surface area contributed by atoms with Gasteiger partial charge in [-0.15, -0.1) is 0 Å². The molecule has 30 heavy (non-hydrogen) atoms. The minimum absolute atomic E-state index is 0.262. The van der Waals surface area contributed by atoms with Gasteiger partial charge in [0.15, 0.2) is 5.60 Å². The van der Waals surface area contributed by atoms with Crippen LogP contribution in [0.15, 0.2) is 24.4 Å². The quantitative estimate of drug-likeness (QED) is 0.771. The molecule has 0 saturated carbocycles. The molecule has 1 atom stereocenters. The summed E-state index contributed by atoms with van der Waals surface area (Å²) < 4.78 is 20.0. The molecule has 4 rings (SSSR count). The first-order valence-electron chi connectivity index (χ1n) is 10.2. The van der Waals surface area contributed by atoms with Gasteiger partial charge in [0.05, 0.1) is 18.8 Å². The molecule has 2 aromatic rings. The molecule has 2 amide bonds. The zero-order valence-corrected chi connectivity index (χ0v) is 17.4. The topological polar surface area (TPSA) is 75.6 Å². The van der Waals surface area contributed by atoms with E-state index in [0.717, 1.165) is 18.4 Å². The smallest absolute Gasteiger partial charge is 0.410 e. The van der Waals surface area contributed by atoms with Crippen LogP contribution in [0.1, 0.15) is 41.5 Å². The number of hydrogen-bond acceptors (Lipinski definition) is 5. The van der Waals surface area contributed by atoms with Crippen molar-refractivity contribution < 1.29 is 18.7 Å². The van der Waals surface area contributed by atoms with Crippen molar-refractivity contribution in [1.29, 1.82) is 0 Å². The van der Waals surface area contributed by atoms with E-state index in [0.29, 0.717) is 43.1 Å². The number of likely N-dealkylation sites (tertiary alicyclic amines) is 1. The number of nitrogens with zero attached hydrogens (tertiary/aromatic N) is 4. The summed E-state index contributed by atoms with van der Waals surface area (Å²) in [7, 11) is 1.68. The third-order valence-electron chi connectivity index (χ3n) is 5.67. The van der Waals surface area contributed by atoms with E-state index in [2.05, 4.69) is 16.9 Å². The molecule has 2 aliphatic rings. The molecule has 7 nitrogen and oxygen atoms in total. The fraction of sp³-hybridized carbons (Fsp3) is 0.455. The molecule has 2 aliphatic heterocycles. The van der Waals surface area contributed by atoms with Crippen LogP contribution in [0, 0.1) is 12.7 Å². The van der Waals surface area contributed by atoms with Gasteiger partial charge in [-0.05, 0) is 37.1 Å². The van der Waals surface area contributed by atoms with Gasteiger partial charge in [-0.3, -0.25) is 4.79 Å². The van der Waals surface area contributed by atoms with Crippen LogP contribution in [0.3, 0.4) is 0 Å². The van der Waals surface area contributed by atoms with Gasteiger partial charge in [-0.25, -0.2) is 19.2 Å². The Morgan fingerprint density at radius 3 is 2.80 bits per heavy atom. The Hall–Kier alpha value is -3.03. The fourth-order valence-corrected chi connectivity index (χ4v) is 4.25. The van der Waals surface area contributed by atoms with Crippen LogP contribution < -0.4 is 0 Å². The van der Waals surface area contributed by atoms with E-state index in [1.807, 2.05) is 0 Å². The summed E-state index contributed by atoms with van der Waals surface area (Å²) in [5, 5.41) is 0. The maximum Gasteiger partial charge on any atom is 0.410 e. The van der Waals surface area contributed by atoms with E-state index in [1.165, 1.54) is 17.0 Å². The van der Waals surface area contributed by atoms with Crippen molar-refractivity contribution in [3.63, 3.8) is 0 Å². The number of ether oxygens (including phenoxy) is 1. The summed E-state index contributed by atoms with van der Waals surface area (Å²) in [6, 6.07) is 4.33. The zero-order valence-electron chi connectivity index (χ0n) is 17.4. The Balaban J connectivity index is 1.62. The molecule has 158 valence electrons. The number of aromatic nitrogens is 2. The van der Waals surface area contributed by atoms with Crippen LogP contribution >= 0.6 is 0 Å². The molecule has 0 N–H and O–H groups in total. The normalized spacial score (nSPS) is 20.9. The maximum atomic E-state index is 14.5. The first-order chi connectivity index (χ1) is 14.3. The van der Waals surface area contributed by atoms with Crippen LogP contribution in [0.4, 0.5) is 9.18 Å². The molecule has 3 heterocycles. The van der Waals surface area contributed by atoms with Gasteiger partial charge in [0.1, 0.15) is 11.6 Å². The number of hydrogen-bond donors (Lipinski definition) is 0. The van der Waals surface area contributed by atoms with Gasteiger partial charge in [-0.1, -0.05) is 13.3 Å². The number of benzene rings is 1. The van der Waals surface area contributed by atoms with Gasteiger partial charge in [-0.2, -0.15) is 0 Å². The van der Waals surface area contributed by atoms with Gasteiger partial charge < -0.3 is 14.5 Å². The van der Waals surface area contributed by atoms with E-state index >= 15 is 0 Å². The second-order valence-corrected chi connectivity index (χ2v) is 8.15. The molecule has 1 spiro atoms. The molecule has 0 aliphatic carbocycles. The lowest BCUT2D eigenvalue weighted by Gasteiger charge is -2.22. The number of carbonyl (C=O) groups is 2. The van der Waals surface area contributed by atoms with Gasteiger partial charge in [0, 0.05) is 37.3 Å².